The Morgan fingerprint density at radius 3 is 2.36 bits per heavy atom. The Hall–Kier alpha value is -1.55. The number of carbonyl (C=O) groups is 1. The van der Waals surface area contributed by atoms with E-state index in [1.54, 1.807) is 0 Å². The molecule has 0 heterocycles. The van der Waals surface area contributed by atoms with Gasteiger partial charge in [0.2, 0.25) is 0 Å². The van der Waals surface area contributed by atoms with Crippen molar-refractivity contribution in [2.75, 3.05) is 20.1 Å². The van der Waals surface area contributed by atoms with Crippen molar-refractivity contribution >= 4 is 6.03 Å². The van der Waals surface area contributed by atoms with Crippen LogP contribution in [0.4, 0.5) is 4.79 Å². The summed E-state index contributed by atoms with van der Waals surface area (Å²) in [5.41, 5.74) is 2.57. The number of carbonyl (C=O) groups excluding carboxylic acids is 1. The number of urea groups is 1. The summed E-state index contributed by atoms with van der Waals surface area (Å²) in [6, 6.07) is 9.76. The summed E-state index contributed by atoms with van der Waals surface area (Å²) in [4.78, 5) is 16.9. The number of unbranched alkanes of at least 4 members (excludes halogenated alkanes) is 1. The van der Waals surface area contributed by atoms with Gasteiger partial charge >= 0.3 is 6.03 Å². The lowest BCUT2D eigenvalue weighted by atomic mass is 10.1. The minimum atomic E-state index is 0.0966. The number of nitrogens with zero attached hydrogens (tertiary/aromatic N) is 2. The number of rotatable bonds is 10. The molecule has 2 amide bonds. The molecule has 0 aliphatic heterocycles. The van der Waals surface area contributed by atoms with Gasteiger partial charge in [0.05, 0.1) is 0 Å². The summed E-state index contributed by atoms with van der Waals surface area (Å²) in [6.45, 7) is 9.16. The number of hydrogen-bond donors (Lipinski definition) is 1. The molecule has 1 saturated carbocycles. The molecule has 1 aliphatic carbocycles. The van der Waals surface area contributed by atoms with Crippen LogP contribution < -0.4 is 5.32 Å². The van der Waals surface area contributed by atoms with Crippen LogP contribution in [0.5, 0.6) is 0 Å². The van der Waals surface area contributed by atoms with Gasteiger partial charge < -0.3 is 15.1 Å². The Labute approximate surface area is 153 Å². The first-order valence-electron chi connectivity index (χ1n) is 9.83. The molecule has 0 radical (unpaired) electrons. The quantitative estimate of drug-likeness (QED) is 0.650. The topological polar surface area (TPSA) is 35.6 Å². The van der Waals surface area contributed by atoms with Crippen molar-refractivity contribution in [2.24, 2.45) is 0 Å². The smallest absolute Gasteiger partial charge is 0.317 e. The Kier molecular flexibility index (Phi) is 7.76. The number of aryl methyl sites for hydroxylation is 1. The van der Waals surface area contributed by atoms with Crippen LogP contribution in [0.25, 0.3) is 0 Å². The summed E-state index contributed by atoms with van der Waals surface area (Å²) >= 11 is 0. The highest BCUT2D eigenvalue weighted by molar-refractivity contribution is 5.74. The van der Waals surface area contributed by atoms with E-state index in [0.29, 0.717) is 12.1 Å². The Bertz CT molecular complexity index is 522. The average molecular weight is 346 g/mol. The van der Waals surface area contributed by atoms with E-state index in [2.05, 4.69) is 62.3 Å². The second-order valence-corrected chi connectivity index (χ2v) is 7.54. The molecule has 0 atom stereocenters. The van der Waals surface area contributed by atoms with Crippen molar-refractivity contribution in [3.63, 3.8) is 0 Å². The molecule has 25 heavy (non-hydrogen) atoms. The molecular weight excluding hydrogens is 310 g/mol. The average Bonchev–Trinajstić information content (AvgIpc) is 3.44. The van der Waals surface area contributed by atoms with Crippen LogP contribution >= 0.6 is 0 Å². The fraction of sp³-hybridized carbons (Fsp3) is 0.667. The first kappa shape index (κ1) is 19.8. The highest BCUT2D eigenvalue weighted by Gasteiger charge is 2.32. The summed E-state index contributed by atoms with van der Waals surface area (Å²) in [6.07, 6.45) is 5.49. The third kappa shape index (κ3) is 6.69. The monoisotopic (exact) mass is 345 g/mol. The maximum Gasteiger partial charge on any atom is 0.317 e. The summed E-state index contributed by atoms with van der Waals surface area (Å²) < 4.78 is 0. The van der Waals surface area contributed by atoms with Crippen LogP contribution in [0.15, 0.2) is 24.3 Å². The van der Waals surface area contributed by atoms with Crippen LogP contribution in [0, 0.1) is 0 Å². The van der Waals surface area contributed by atoms with E-state index in [1.807, 2.05) is 4.90 Å². The normalized spacial score (nSPS) is 14.2. The van der Waals surface area contributed by atoms with E-state index in [-0.39, 0.29) is 6.03 Å². The van der Waals surface area contributed by atoms with Gasteiger partial charge in [-0.3, -0.25) is 0 Å². The van der Waals surface area contributed by atoms with Gasteiger partial charge in [0, 0.05) is 25.2 Å². The number of nitrogens with one attached hydrogen (secondary N) is 1. The zero-order valence-corrected chi connectivity index (χ0v) is 16.4. The standard InChI is InChI=1S/C21H35N3O/c1-5-18-8-10-19(11-9-18)16-24(20-12-13-20)21(25)22-14-6-7-15-23(4)17(2)3/h8-11,17,20H,5-7,12-16H2,1-4H3,(H,22,25). The Balaban J connectivity index is 1.74. The molecule has 0 bridgehead atoms. The highest BCUT2D eigenvalue weighted by Crippen LogP contribution is 2.28. The first-order valence-corrected chi connectivity index (χ1v) is 9.83. The van der Waals surface area contributed by atoms with Crippen LogP contribution in [-0.2, 0) is 13.0 Å². The molecule has 4 heteroatoms. The largest absolute Gasteiger partial charge is 0.338 e. The molecule has 0 unspecified atom stereocenters. The predicted octanol–water partition coefficient (Wildman–Crippen LogP) is 4.04. The Morgan fingerprint density at radius 1 is 1.16 bits per heavy atom. The lowest BCUT2D eigenvalue weighted by Crippen LogP contribution is -2.41. The van der Waals surface area contributed by atoms with Crippen LogP contribution in [0.2, 0.25) is 0 Å². The van der Waals surface area contributed by atoms with E-state index in [4.69, 9.17) is 0 Å². The second kappa shape index (κ2) is 9.81. The summed E-state index contributed by atoms with van der Waals surface area (Å²) in [5, 5.41) is 3.12. The van der Waals surface area contributed by atoms with E-state index in [0.717, 1.165) is 51.7 Å². The fourth-order valence-corrected chi connectivity index (χ4v) is 2.87. The van der Waals surface area contributed by atoms with E-state index in [1.165, 1.54) is 11.1 Å². The van der Waals surface area contributed by atoms with Gasteiger partial charge in [-0.15, -0.1) is 0 Å². The maximum atomic E-state index is 12.6. The van der Waals surface area contributed by atoms with Crippen LogP contribution in [0.3, 0.4) is 0 Å². The van der Waals surface area contributed by atoms with Crippen molar-refractivity contribution in [3.05, 3.63) is 35.4 Å². The predicted molar refractivity (Wildman–Crippen MR) is 105 cm³/mol. The van der Waals surface area contributed by atoms with Gasteiger partial charge in [-0.25, -0.2) is 4.79 Å². The van der Waals surface area contributed by atoms with Gasteiger partial charge in [0.1, 0.15) is 0 Å². The number of benzene rings is 1. The molecule has 1 N–H and O–H groups in total. The van der Waals surface area contributed by atoms with Gasteiger partial charge in [-0.05, 0) is 70.7 Å². The van der Waals surface area contributed by atoms with Crippen LogP contribution in [0.1, 0.15) is 57.6 Å². The molecule has 4 nitrogen and oxygen atoms in total. The molecule has 0 aromatic heterocycles. The van der Waals surface area contributed by atoms with Crippen molar-refractivity contribution < 1.29 is 4.79 Å². The molecule has 2 rings (SSSR count). The van der Waals surface area contributed by atoms with Crippen molar-refractivity contribution in [2.45, 2.75) is 71.5 Å². The molecule has 1 aliphatic rings. The third-order valence-corrected chi connectivity index (χ3v) is 5.13. The van der Waals surface area contributed by atoms with Crippen molar-refractivity contribution in [1.29, 1.82) is 0 Å². The lowest BCUT2D eigenvalue weighted by molar-refractivity contribution is 0.191. The lowest BCUT2D eigenvalue weighted by Gasteiger charge is -2.24. The van der Waals surface area contributed by atoms with Gasteiger partial charge in [-0.1, -0.05) is 31.2 Å². The van der Waals surface area contributed by atoms with Gasteiger partial charge in [0.15, 0.2) is 0 Å². The fourth-order valence-electron chi connectivity index (χ4n) is 2.87. The maximum absolute atomic E-state index is 12.6. The number of hydrogen-bond acceptors (Lipinski definition) is 2. The first-order chi connectivity index (χ1) is 12.0. The van der Waals surface area contributed by atoms with Gasteiger partial charge in [-0.2, -0.15) is 0 Å². The number of amides is 2. The molecular formula is C21H35N3O. The van der Waals surface area contributed by atoms with Crippen molar-refractivity contribution in [3.8, 4) is 0 Å². The summed E-state index contributed by atoms with van der Waals surface area (Å²) in [7, 11) is 2.15. The minimum Gasteiger partial charge on any atom is -0.338 e. The van der Waals surface area contributed by atoms with E-state index < -0.39 is 0 Å². The van der Waals surface area contributed by atoms with E-state index in [9.17, 15) is 4.79 Å². The molecule has 0 saturated heterocycles. The van der Waals surface area contributed by atoms with Crippen LogP contribution in [-0.4, -0.2) is 48.1 Å². The van der Waals surface area contributed by atoms with E-state index >= 15 is 0 Å². The zero-order chi connectivity index (χ0) is 18.2. The van der Waals surface area contributed by atoms with Gasteiger partial charge in [0.25, 0.3) is 0 Å². The highest BCUT2D eigenvalue weighted by atomic mass is 16.2. The second-order valence-electron chi connectivity index (χ2n) is 7.54. The Morgan fingerprint density at radius 2 is 1.80 bits per heavy atom. The third-order valence-electron chi connectivity index (χ3n) is 5.13. The minimum absolute atomic E-state index is 0.0966. The van der Waals surface area contributed by atoms with Crippen molar-refractivity contribution in [1.82, 2.24) is 15.1 Å². The molecule has 1 aromatic rings. The molecule has 1 fully saturated rings. The SMILES string of the molecule is CCc1ccc(CN(C(=O)NCCCCN(C)C(C)C)C2CC2)cc1. The molecule has 1 aromatic carbocycles. The zero-order valence-electron chi connectivity index (χ0n) is 16.4. The molecule has 140 valence electrons. The molecule has 0 spiro atoms. The summed E-state index contributed by atoms with van der Waals surface area (Å²) in [5.74, 6) is 0.